The molecule has 1 saturated carbocycles. The molecular formula is C12H20N2O5S. The number of hydrogen-bond donors (Lipinski definition) is 2. The van der Waals surface area contributed by atoms with Crippen molar-refractivity contribution in [3.8, 4) is 0 Å². The van der Waals surface area contributed by atoms with E-state index in [0.29, 0.717) is 19.4 Å². The molecule has 8 heteroatoms. The van der Waals surface area contributed by atoms with E-state index in [1.54, 1.807) is 0 Å². The van der Waals surface area contributed by atoms with Crippen LogP contribution in [0.15, 0.2) is 0 Å². The fraction of sp³-hybridized carbons (Fsp3) is 0.833. The number of carboxylic acid groups (broad SMARTS) is 1. The number of sulfonamides is 1. The maximum absolute atomic E-state index is 12.2. The van der Waals surface area contributed by atoms with Gasteiger partial charge in [-0.25, -0.2) is 8.42 Å². The highest BCUT2D eigenvalue weighted by Gasteiger charge is 2.40. The molecule has 1 aliphatic carbocycles. The molecule has 1 heterocycles. The Morgan fingerprint density at radius 3 is 2.50 bits per heavy atom. The molecule has 2 aliphatic rings. The van der Waals surface area contributed by atoms with Crippen LogP contribution >= 0.6 is 0 Å². The van der Waals surface area contributed by atoms with Crippen molar-refractivity contribution >= 4 is 21.9 Å². The summed E-state index contributed by atoms with van der Waals surface area (Å²) in [6, 6.07) is -1.08. The van der Waals surface area contributed by atoms with E-state index in [-0.39, 0.29) is 24.3 Å². The van der Waals surface area contributed by atoms with Crippen LogP contribution in [-0.2, 0) is 19.6 Å². The minimum Gasteiger partial charge on any atom is -0.481 e. The monoisotopic (exact) mass is 304 g/mol. The zero-order chi connectivity index (χ0) is 14.9. The fourth-order valence-electron chi connectivity index (χ4n) is 2.70. The third kappa shape index (κ3) is 3.69. The SMILES string of the molecule is CS(=O)(=O)N1CCCC1C(=O)NC(CC(=O)O)C1CC1. The smallest absolute Gasteiger partial charge is 0.305 e. The summed E-state index contributed by atoms with van der Waals surface area (Å²) in [6.07, 6.45) is 3.95. The third-order valence-electron chi connectivity index (χ3n) is 3.85. The molecule has 2 atom stereocenters. The average Bonchev–Trinajstić information content (AvgIpc) is 3.02. The van der Waals surface area contributed by atoms with Crippen LogP contribution in [0.1, 0.15) is 32.1 Å². The van der Waals surface area contributed by atoms with Gasteiger partial charge in [0.25, 0.3) is 0 Å². The number of aliphatic carboxylic acids is 1. The fourth-order valence-corrected chi connectivity index (χ4v) is 3.82. The van der Waals surface area contributed by atoms with Crippen LogP contribution in [0.4, 0.5) is 0 Å². The van der Waals surface area contributed by atoms with Crippen molar-refractivity contribution in [2.24, 2.45) is 5.92 Å². The van der Waals surface area contributed by atoms with Crippen LogP contribution in [0.3, 0.4) is 0 Å². The molecule has 1 amide bonds. The zero-order valence-electron chi connectivity index (χ0n) is 11.4. The standard InChI is InChI=1S/C12H20N2O5S/c1-20(18,19)14-6-2-3-10(14)12(17)13-9(7-11(15)16)8-4-5-8/h8-10H,2-7H2,1H3,(H,13,17)(H,15,16). The number of rotatable bonds is 6. The Morgan fingerprint density at radius 1 is 1.35 bits per heavy atom. The van der Waals surface area contributed by atoms with Crippen molar-refractivity contribution in [1.82, 2.24) is 9.62 Å². The first-order chi connectivity index (χ1) is 9.29. The molecule has 2 rings (SSSR count). The first kappa shape index (κ1) is 15.2. The first-order valence-electron chi connectivity index (χ1n) is 6.78. The van der Waals surface area contributed by atoms with Crippen molar-refractivity contribution in [2.75, 3.05) is 12.8 Å². The molecule has 0 aromatic heterocycles. The number of amides is 1. The Bertz CT molecular complexity index is 500. The summed E-state index contributed by atoms with van der Waals surface area (Å²) in [6.45, 7) is 0.351. The Balaban J connectivity index is 2.01. The van der Waals surface area contributed by atoms with E-state index in [2.05, 4.69) is 5.32 Å². The number of carbonyl (C=O) groups excluding carboxylic acids is 1. The van der Waals surface area contributed by atoms with E-state index in [4.69, 9.17) is 5.11 Å². The molecule has 0 spiro atoms. The number of carboxylic acids is 1. The van der Waals surface area contributed by atoms with Crippen molar-refractivity contribution in [3.05, 3.63) is 0 Å². The van der Waals surface area contributed by atoms with E-state index in [9.17, 15) is 18.0 Å². The number of nitrogens with one attached hydrogen (secondary N) is 1. The van der Waals surface area contributed by atoms with Crippen LogP contribution in [0.5, 0.6) is 0 Å². The largest absolute Gasteiger partial charge is 0.481 e. The van der Waals surface area contributed by atoms with Crippen LogP contribution < -0.4 is 5.32 Å². The lowest BCUT2D eigenvalue weighted by Gasteiger charge is -2.24. The summed E-state index contributed by atoms with van der Waals surface area (Å²) >= 11 is 0. The van der Waals surface area contributed by atoms with Gasteiger partial charge in [0, 0.05) is 12.6 Å². The maximum Gasteiger partial charge on any atom is 0.305 e. The van der Waals surface area contributed by atoms with E-state index in [0.717, 1.165) is 19.1 Å². The van der Waals surface area contributed by atoms with Crippen molar-refractivity contribution in [1.29, 1.82) is 0 Å². The van der Waals surface area contributed by atoms with Crippen molar-refractivity contribution in [2.45, 2.75) is 44.2 Å². The molecule has 2 N–H and O–H groups in total. The summed E-state index contributed by atoms with van der Waals surface area (Å²) in [5.41, 5.74) is 0. The molecule has 0 bridgehead atoms. The van der Waals surface area contributed by atoms with E-state index in [1.807, 2.05) is 0 Å². The molecule has 0 radical (unpaired) electrons. The van der Waals surface area contributed by atoms with Gasteiger partial charge in [0.15, 0.2) is 0 Å². The molecule has 2 fully saturated rings. The van der Waals surface area contributed by atoms with Gasteiger partial charge in [-0.2, -0.15) is 4.31 Å². The number of nitrogens with zero attached hydrogens (tertiary/aromatic N) is 1. The van der Waals surface area contributed by atoms with E-state index in [1.165, 1.54) is 4.31 Å². The molecule has 20 heavy (non-hydrogen) atoms. The van der Waals surface area contributed by atoms with Crippen LogP contribution in [-0.4, -0.2) is 54.6 Å². The highest BCUT2D eigenvalue weighted by molar-refractivity contribution is 7.88. The summed E-state index contributed by atoms with van der Waals surface area (Å²) in [5, 5.41) is 11.6. The van der Waals surface area contributed by atoms with Crippen LogP contribution in [0, 0.1) is 5.92 Å². The normalized spacial score (nSPS) is 25.4. The highest BCUT2D eigenvalue weighted by atomic mass is 32.2. The number of hydrogen-bond acceptors (Lipinski definition) is 4. The second-order valence-corrected chi connectivity index (χ2v) is 7.52. The molecule has 1 saturated heterocycles. The van der Waals surface area contributed by atoms with Crippen LogP contribution in [0.25, 0.3) is 0 Å². The van der Waals surface area contributed by atoms with Gasteiger partial charge in [0.1, 0.15) is 6.04 Å². The molecular weight excluding hydrogens is 284 g/mol. The third-order valence-corrected chi connectivity index (χ3v) is 5.13. The lowest BCUT2D eigenvalue weighted by Crippen LogP contribution is -2.49. The highest BCUT2D eigenvalue weighted by Crippen LogP contribution is 2.34. The van der Waals surface area contributed by atoms with Crippen molar-refractivity contribution < 1.29 is 23.1 Å². The molecule has 0 aromatic carbocycles. The van der Waals surface area contributed by atoms with Gasteiger partial charge >= 0.3 is 5.97 Å². The Hall–Kier alpha value is -1.15. The van der Waals surface area contributed by atoms with Crippen LogP contribution in [0.2, 0.25) is 0 Å². The predicted octanol–water partition coefficient (Wildman–Crippen LogP) is -0.220. The van der Waals surface area contributed by atoms with E-state index >= 15 is 0 Å². The molecule has 1 aliphatic heterocycles. The van der Waals surface area contributed by atoms with Gasteiger partial charge in [-0.05, 0) is 31.6 Å². The lowest BCUT2D eigenvalue weighted by molar-refractivity contribution is -0.138. The van der Waals surface area contributed by atoms with Gasteiger partial charge in [0.05, 0.1) is 12.7 Å². The Kier molecular flexibility index (Phi) is 4.33. The predicted molar refractivity (Wildman–Crippen MR) is 71.5 cm³/mol. The quantitative estimate of drug-likeness (QED) is 0.706. The van der Waals surface area contributed by atoms with E-state index < -0.39 is 22.0 Å². The summed E-state index contributed by atoms with van der Waals surface area (Å²) in [7, 11) is -3.40. The summed E-state index contributed by atoms with van der Waals surface area (Å²) < 4.78 is 24.4. The number of carbonyl (C=O) groups is 2. The Morgan fingerprint density at radius 2 is 2.00 bits per heavy atom. The average molecular weight is 304 g/mol. The first-order valence-corrected chi connectivity index (χ1v) is 8.63. The van der Waals surface area contributed by atoms with Gasteiger partial charge in [-0.1, -0.05) is 0 Å². The summed E-state index contributed by atoms with van der Waals surface area (Å²) in [4.78, 5) is 23.0. The molecule has 114 valence electrons. The molecule has 2 unspecified atom stereocenters. The second-order valence-electron chi connectivity index (χ2n) is 5.58. The van der Waals surface area contributed by atoms with Crippen molar-refractivity contribution in [3.63, 3.8) is 0 Å². The minimum absolute atomic E-state index is 0.109. The molecule has 0 aromatic rings. The van der Waals surface area contributed by atoms with Gasteiger partial charge in [0.2, 0.25) is 15.9 Å². The zero-order valence-corrected chi connectivity index (χ0v) is 12.2. The summed E-state index contributed by atoms with van der Waals surface area (Å²) in [5.74, 6) is -1.11. The topological polar surface area (TPSA) is 104 Å². The molecule has 7 nitrogen and oxygen atoms in total. The second kappa shape index (κ2) is 5.69. The maximum atomic E-state index is 12.2. The van der Waals surface area contributed by atoms with Gasteiger partial charge in [-0.15, -0.1) is 0 Å². The van der Waals surface area contributed by atoms with Gasteiger partial charge < -0.3 is 10.4 Å². The minimum atomic E-state index is -3.40. The lowest BCUT2D eigenvalue weighted by atomic mass is 10.1. The Labute approximate surface area is 118 Å². The van der Waals surface area contributed by atoms with Gasteiger partial charge in [-0.3, -0.25) is 9.59 Å².